The molecule has 0 unspecified atom stereocenters. The Bertz CT molecular complexity index is 321. The molecule has 1 N–H and O–H groups in total. The second-order valence-corrected chi connectivity index (χ2v) is 5.73. The third kappa shape index (κ3) is 5.66. The molecule has 20 heavy (non-hydrogen) atoms. The van der Waals surface area contributed by atoms with Crippen molar-refractivity contribution in [3.8, 4) is 0 Å². The summed E-state index contributed by atoms with van der Waals surface area (Å²) in [5.74, 6) is -0.537. The van der Waals surface area contributed by atoms with Crippen LogP contribution in [0.15, 0.2) is 0 Å². The van der Waals surface area contributed by atoms with E-state index in [4.69, 9.17) is 0 Å². The van der Waals surface area contributed by atoms with Crippen LogP contribution in [-0.4, -0.2) is 65.8 Å². The number of rotatable bonds is 6. The van der Waals surface area contributed by atoms with Crippen molar-refractivity contribution in [2.24, 2.45) is 5.92 Å². The first-order valence-electron chi connectivity index (χ1n) is 6.92. The van der Waals surface area contributed by atoms with Crippen molar-refractivity contribution in [2.75, 3.05) is 32.8 Å². The summed E-state index contributed by atoms with van der Waals surface area (Å²) in [6.07, 6.45) is -2.73. The van der Waals surface area contributed by atoms with Crippen LogP contribution in [0.4, 0.5) is 13.2 Å². The molecule has 0 saturated carbocycles. The van der Waals surface area contributed by atoms with Gasteiger partial charge in [0.25, 0.3) is 0 Å². The van der Waals surface area contributed by atoms with Gasteiger partial charge in [0.05, 0.1) is 13.2 Å². The minimum Gasteiger partial charge on any atom is -0.395 e. The molecule has 1 amide bonds. The van der Waals surface area contributed by atoms with Crippen LogP contribution in [0, 0.1) is 5.92 Å². The molecule has 0 aliphatic carbocycles. The van der Waals surface area contributed by atoms with Crippen molar-refractivity contribution >= 4 is 5.91 Å². The molecule has 0 aromatic rings. The van der Waals surface area contributed by atoms with E-state index in [1.54, 1.807) is 18.7 Å². The zero-order valence-electron chi connectivity index (χ0n) is 12.0. The third-order valence-corrected chi connectivity index (χ3v) is 3.36. The van der Waals surface area contributed by atoms with Gasteiger partial charge in [-0.1, -0.05) is 13.8 Å². The van der Waals surface area contributed by atoms with Gasteiger partial charge in [-0.05, 0) is 25.3 Å². The standard InChI is InChI=1S/C13H23F3N2O2/c1-10(2)6-18(9-13(14,15)16)12(20)7-17-5-3-4-11(17)8-19/h10-11,19H,3-9H2,1-2H3/t11-/m1/s1. The van der Waals surface area contributed by atoms with Crippen molar-refractivity contribution < 1.29 is 23.1 Å². The number of hydrogen-bond donors (Lipinski definition) is 1. The van der Waals surface area contributed by atoms with Crippen LogP contribution in [0.2, 0.25) is 0 Å². The summed E-state index contributed by atoms with van der Waals surface area (Å²) in [4.78, 5) is 14.7. The second-order valence-electron chi connectivity index (χ2n) is 5.73. The van der Waals surface area contributed by atoms with E-state index < -0.39 is 18.6 Å². The summed E-state index contributed by atoms with van der Waals surface area (Å²) in [5.41, 5.74) is 0. The van der Waals surface area contributed by atoms with Crippen LogP contribution in [0.3, 0.4) is 0 Å². The minimum atomic E-state index is -4.38. The Balaban J connectivity index is 2.62. The molecule has 1 aliphatic rings. The average Bonchev–Trinajstić information content (AvgIpc) is 2.72. The van der Waals surface area contributed by atoms with E-state index in [1.807, 2.05) is 0 Å². The summed E-state index contributed by atoms with van der Waals surface area (Å²) in [6.45, 7) is 2.99. The highest BCUT2D eigenvalue weighted by Crippen LogP contribution is 2.20. The van der Waals surface area contributed by atoms with E-state index in [9.17, 15) is 23.1 Å². The van der Waals surface area contributed by atoms with Gasteiger partial charge in [0.15, 0.2) is 0 Å². The Morgan fingerprint density at radius 1 is 1.45 bits per heavy atom. The van der Waals surface area contributed by atoms with Crippen molar-refractivity contribution in [3.63, 3.8) is 0 Å². The predicted octanol–water partition coefficient (Wildman–Crippen LogP) is 1.49. The van der Waals surface area contributed by atoms with Crippen LogP contribution in [0.25, 0.3) is 0 Å². The molecule has 7 heteroatoms. The maximum absolute atomic E-state index is 12.5. The number of aliphatic hydroxyl groups excluding tert-OH is 1. The van der Waals surface area contributed by atoms with Gasteiger partial charge < -0.3 is 10.0 Å². The SMILES string of the molecule is CC(C)CN(CC(F)(F)F)C(=O)CN1CCC[C@@H]1CO. The first-order valence-corrected chi connectivity index (χ1v) is 6.92. The number of likely N-dealkylation sites (tertiary alicyclic amines) is 1. The molecule has 1 aliphatic heterocycles. The van der Waals surface area contributed by atoms with Gasteiger partial charge >= 0.3 is 6.18 Å². The Hall–Kier alpha value is -0.820. The van der Waals surface area contributed by atoms with Gasteiger partial charge in [-0.15, -0.1) is 0 Å². The Labute approximate surface area is 117 Å². The summed E-state index contributed by atoms with van der Waals surface area (Å²) in [6, 6.07) is -0.106. The second kappa shape index (κ2) is 7.26. The van der Waals surface area contributed by atoms with Crippen LogP contribution in [0.5, 0.6) is 0 Å². The number of carbonyl (C=O) groups is 1. The Kier molecular flexibility index (Phi) is 6.26. The highest BCUT2D eigenvalue weighted by atomic mass is 19.4. The van der Waals surface area contributed by atoms with E-state index in [2.05, 4.69) is 0 Å². The number of alkyl halides is 3. The normalized spacial score (nSPS) is 20.6. The third-order valence-electron chi connectivity index (χ3n) is 3.36. The number of carbonyl (C=O) groups excluding carboxylic acids is 1. The number of aliphatic hydroxyl groups is 1. The van der Waals surface area contributed by atoms with Crippen LogP contribution < -0.4 is 0 Å². The molecular weight excluding hydrogens is 273 g/mol. The quantitative estimate of drug-likeness (QED) is 0.807. The van der Waals surface area contributed by atoms with Gasteiger partial charge in [-0.3, -0.25) is 9.69 Å². The number of halogens is 3. The van der Waals surface area contributed by atoms with Crippen LogP contribution in [-0.2, 0) is 4.79 Å². The zero-order chi connectivity index (χ0) is 15.3. The smallest absolute Gasteiger partial charge is 0.395 e. The lowest BCUT2D eigenvalue weighted by Gasteiger charge is -2.29. The fourth-order valence-electron chi connectivity index (χ4n) is 2.50. The molecule has 0 spiro atoms. The highest BCUT2D eigenvalue weighted by Gasteiger charge is 2.34. The van der Waals surface area contributed by atoms with Gasteiger partial charge in [0.2, 0.25) is 5.91 Å². The molecule has 1 atom stereocenters. The van der Waals surface area contributed by atoms with Gasteiger partial charge in [-0.25, -0.2) is 0 Å². The summed E-state index contributed by atoms with van der Waals surface area (Å²) >= 11 is 0. The molecule has 1 rings (SSSR count). The Morgan fingerprint density at radius 3 is 2.60 bits per heavy atom. The summed E-state index contributed by atoms with van der Waals surface area (Å²) in [7, 11) is 0. The monoisotopic (exact) mass is 296 g/mol. The lowest BCUT2D eigenvalue weighted by atomic mass is 10.2. The fraction of sp³-hybridized carbons (Fsp3) is 0.923. The first kappa shape index (κ1) is 17.2. The van der Waals surface area contributed by atoms with E-state index in [-0.39, 0.29) is 31.7 Å². The summed E-state index contributed by atoms with van der Waals surface area (Å²) in [5, 5.41) is 9.17. The number of hydrogen-bond acceptors (Lipinski definition) is 3. The largest absolute Gasteiger partial charge is 0.406 e. The molecule has 0 bridgehead atoms. The van der Waals surface area contributed by atoms with Crippen molar-refractivity contribution in [1.82, 2.24) is 9.80 Å². The molecule has 4 nitrogen and oxygen atoms in total. The van der Waals surface area contributed by atoms with Crippen molar-refractivity contribution in [3.05, 3.63) is 0 Å². The highest BCUT2D eigenvalue weighted by molar-refractivity contribution is 5.78. The number of nitrogens with zero attached hydrogens (tertiary/aromatic N) is 2. The molecule has 1 fully saturated rings. The lowest BCUT2D eigenvalue weighted by molar-refractivity contribution is -0.163. The Morgan fingerprint density at radius 2 is 2.10 bits per heavy atom. The molecule has 0 aromatic heterocycles. The molecular formula is C13H23F3N2O2. The fourth-order valence-corrected chi connectivity index (χ4v) is 2.50. The molecule has 118 valence electrons. The maximum Gasteiger partial charge on any atom is 0.406 e. The minimum absolute atomic E-state index is 0.0199. The molecule has 0 aromatic carbocycles. The summed E-state index contributed by atoms with van der Waals surface area (Å²) < 4.78 is 37.6. The van der Waals surface area contributed by atoms with E-state index in [1.165, 1.54) is 0 Å². The van der Waals surface area contributed by atoms with Crippen LogP contribution >= 0.6 is 0 Å². The topological polar surface area (TPSA) is 43.8 Å². The van der Waals surface area contributed by atoms with E-state index in [0.29, 0.717) is 6.54 Å². The van der Waals surface area contributed by atoms with Crippen molar-refractivity contribution in [2.45, 2.75) is 38.9 Å². The molecule has 1 heterocycles. The average molecular weight is 296 g/mol. The predicted molar refractivity (Wildman–Crippen MR) is 69.2 cm³/mol. The number of amides is 1. The van der Waals surface area contributed by atoms with Gasteiger partial charge in [0, 0.05) is 12.6 Å². The van der Waals surface area contributed by atoms with Gasteiger partial charge in [0.1, 0.15) is 6.54 Å². The van der Waals surface area contributed by atoms with Crippen molar-refractivity contribution in [1.29, 1.82) is 0 Å². The van der Waals surface area contributed by atoms with Crippen LogP contribution in [0.1, 0.15) is 26.7 Å². The first-order chi connectivity index (χ1) is 9.23. The van der Waals surface area contributed by atoms with Gasteiger partial charge in [-0.2, -0.15) is 13.2 Å². The maximum atomic E-state index is 12.5. The van der Waals surface area contributed by atoms with E-state index >= 15 is 0 Å². The van der Waals surface area contributed by atoms with E-state index in [0.717, 1.165) is 17.7 Å². The molecule has 0 radical (unpaired) electrons. The zero-order valence-corrected chi connectivity index (χ0v) is 12.0. The molecule has 1 saturated heterocycles. The lowest BCUT2D eigenvalue weighted by Crippen LogP contribution is -2.47.